The number of carbonyl (C=O) groups is 1. The van der Waals surface area contributed by atoms with Crippen molar-refractivity contribution in [1.82, 2.24) is 4.90 Å². The molecule has 0 aromatic carbocycles. The number of ether oxygens (including phenoxy) is 3. The molecule has 16 heavy (non-hydrogen) atoms. The van der Waals surface area contributed by atoms with Crippen LogP contribution in [0.1, 0.15) is 26.7 Å². The van der Waals surface area contributed by atoms with Gasteiger partial charge in [-0.1, -0.05) is 0 Å². The van der Waals surface area contributed by atoms with Gasteiger partial charge in [-0.15, -0.1) is 0 Å². The fourth-order valence-electron chi connectivity index (χ4n) is 2.15. The maximum atomic E-state index is 11.7. The van der Waals surface area contributed by atoms with Crippen molar-refractivity contribution >= 4 is 6.09 Å². The van der Waals surface area contributed by atoms with Crippen LogP contribution in [-0.2, 0) is 14.2 Å². The maximum Gasteiger partial charge on any atom is 0.410 e. The lowest BCUT2D eigenvalue weighted by atomic mass is 10.1. The first-order valence-electron chi connectivity index (χ1n) is 5.85. The van der Waals surface area contributed by atoms with Crippen molar-refractivity contribution in [2.75, 3.05) is 26.3 Å². The number of amides is 1. The van der Waals surface area contributed by atoms with Crippen molar-refractivity contribution in [3.8, 4) is 0 Å². The SMILES string of the molecule is CC(C)OC(=O)N1CCCC2(C1)OCCO2. The molecule has 0 saturated carbocycles. The highest BCUT2D eigenvalue weighted by Crippen LogP contribution is 2.30. The number of hydrogen-bond acceptors (Lipinski definition) is 4. The molecule has 2 aliphatic heterocycles. The Bertz CT molecular complexity index is 261. The van der Waals surface area contributed by atoms with Gasteiger partial charge in [-0.05, 0) is 20.3 Å². The number of nitrogens with zero attached hydrogens (tertiary/aromatic N) is 1. The van der Waals surface area contributed by atoms with E-state index in [1.165, 1.54) is 0 Å². The molecule has 1 spiro atoms. The average Bonchev–Trinajstić information content (AvgIpc) is 2.65. The topological polar surface area (TPSA) is 48.0 Å². The Kier molecular flexibility index (Phi) is 3.35. The number of piperidine rings is 1. The van der Waals surface area contributed by atoms with Gasteiger partial charge < -0.3 is 19.1 Å². The number of carbonyl (C=O) groups excluding carboxylic acids is 1. The zero-order valence-electron chi connectivity index (χ0n) is 9.90. The lowest BCUT2D eigenvalue weighted by molar-refractivity contribution is -0.185. The smallest absolute Gasteiger partial charge is 0.410 e. The van der Waals surface area contributed by atoms with E-state index in [0.717, 1.165) is 19.4 Å². The third-order valence-electron chi connectivity index (χ3n) is 2.83. The van der Waals surface area contributed by atoms with Gasteiger partial charge in [-0.3, -0.25) is 0 Å². The molecule has 2 aliphatic rings. The molecule has 0 aliphatic carbocycles. The molecule has 0 N–H and O–H groups in total. The van der Waals surface area contributed by atoms with Crippen molar-refractivity contribution < 1.29 is 19.0 Å². The Morgan fingerprint density at radius 2 is 2.06 bits per heavy atom. The van der Waals surface area contributed by atoms with Gasteiger partial charge in [0.05, 0.1) is 25.9 Å². The van der Waals surface area contributed by atoms with Gasteiger partial charge in [0, 0.05) is 13.0 Å². The molecule has 5 heteroatoms. The molecule has 0 aromatic rings. The zero-order chi connectivity index (χ0) is 11.6. The molecule has 2 fully saturated rings. The van der Waals surface area contributed by atoms with Crippen molar-refractivity contribution in [1.29, 1.82) is 0 Å². The number of rotatable bonds is 1. The number of likely N-dealkylation sites (tertiary alicyclic amines) is 1. The summed E-state index contributed by atoms with van der Waals surface area (Å²) in [5.74, 6) is -0.561. The van der Waals surface area contributed by atoms with E-state index in [1.54, 1.807) is 4.90 Å². The summed E-state index contributed by atoms with van der Waals surface area (Å²) in [5, 5.41) is 0. The van der Waals surface area contributed by atoms with Crippen LogP contribution in [0.25, 0.3) is 0 Å². The summed E-state index contributed by atoms with van der Waals surface area (Å²) in [6.07, 6.45) is 1.40. The summed E-state index contributed by atoms with van der Waals surface area (Å²) < 4.78 is 16.4. The van der Waals surface area contributed by atoms with Gasteiger partial charge in [-0.2, -0.15) is 0 Å². The summed E-state index contributed by atoms with van der Waals surface area (Å²) in [4.78, 5) is 13.4. The highest BCUT2D eigenvalue weighted by Gasteiger charge is 2.42. The summed E-state index contributed by atoms with van der Waals surface area (Å²) in [6, 6.07) is 0. The van der Waals surface area contributed by atoms with Crippen LogP contribution in [0.15, 0.2) is 0 Å². The minimum atomic E-state index is -0.561. The predicted octanol–water partition coefficient (Wildman–Crippen LogP) is 1.37. The van der Waals surface area contributed by atoms with Crippen LogP contribution in [0.4, 0.5) is 4.79 Å². The van der Waals surface area contributed by atoms with E-state index in [0.29, 0.717) is 19.8 Å². The standard InChI is InChI=1S/C11H19NO4/c1-9(2)16-10(13)12-5-3-4-11(8-12)14-6-7-15-11/h9H,3-8H2,1-2H3. The largest absolute Gasteiger partial charge is 0.447 e. The quantitative estimate of drug-likeness (QED) is 0.681. The van der Waals surface area contributed by atoms with Crippen molar-refractivity contribution in [3.63, 3.8) is 0 Å². The predicted molar refractivity (Wildman–Crippen MR) is 57.1 cm³/mol. The van der Waals surface area contributed by atoms with Gasteiger partial charge in [0.15, 0.2) is 5.79 Å². The van der Waals surface area contributed by atoms with E-state index in [1.807, 2.05) is 13.8 Å². The van der Waals surface area contributed by atoms with Gasteiger partial charge >= 0.3 is 6.09 Å². The van der Waals surface area contributed by atoms with Crippen LogP contribution in [0, 0.1) is 0 Å². The van der Waals surface area contributed by atoms with Crippen LogP contribution in [0.3, 0.4) is 0 Å². The first-order chi connectivity index (χ1) is 7.61. The normalized spacial score (nSPS) is 24.1. The van der Waals surface area contributed by atoms with E-state index >= 15 is 0 Å². The fourth-order valence-corrected chi connectivity index (χ4v) is 2.15. The lowest BCUT2D eigenvalue weighted by Gasteiger charge is -2.38. The van der Waals surface area contributed by atoms with Gasteiger partial charge in [0.1, 0.15) is 0 Å². The summed E-state index contributed by atoms with van der Waals surface area (Å²) in [7, 11) is 0. The Labute approximate surface area is 95.6 Å². The second-order valence-electron chi connectivity index (χ2n) is 4.57. The van der Waals surface area contributed by atoms with E-state index in [2.05, 4.69) is 0 Å². The fraction of sp³-hybridized carbons (Fsp3) is 0.909. The minimum Gasteiger partial charge on any atom is -0.447 e. The maximum absolute atomic E-state index is 11.7. The average molecular weight is 229 g/mol. The summed E-state index contributed by atoms with van der Waals surface area (Å²) in [6.45, 7) is 6.14. The van der Waals surface area contributed by atoms with Crippen LogP contribution in [-0.4, -0.2) is 49.2 Å². The Morgan fingerprint density at radius 3 is 2.69 bits per heavy atom. The van der Waals surface area contributed by atoms with Gasteiger partial charge in [0.25, 0.3) is 0 Å². The summed E-state index contributed by atoms with van der Waals surface area (Å²) >= 11 is 0. The van der Waals surface area contributed by atoms with Crippen molar-refractivity contribution in [2.45, 2.75) is 38.6 Å². The molecule has 5 nitrogen and oxygen atoms in total. The molecule has 1 amide bonds. The van der Waals surface area contributed by atoms with Crippen molar-refractivity contribution in [3.05, 3.63) is 0 Å². The van der Waals surface area contributed by atoms with Gasteiger partial charge in [-0.25, -0.2) is 4.79 Å². The molecule has 2 heterocycles. The van der Waals surface area contributed by atoms with E-state index in [-0.39, 0.29) is 12.2 Å². The Balaban J connectivity index is 1.93. The molecule has 2 rings (SSSR count). The van der Waals surface area contributed by atoms with E-state index in [9.17, 15) is 4.79 Å². The van der Waals surface area contributed by atoms with E-state index < -0.39 is 5.79 Å². The van der Waals surface area contributed by atoms with Crippen LogP contribution in [0.2, 0.25) is 0 Å². The summed E-state index contributed by atoms with van der Waals surface area (Å²) in [5.41, 5.74) is 0. The Hall–Kier alpha value is -0.810. The van der Waals surface area contributed by atoms with Crippen LogP contribution in [0.5, 0.6) is 0 Å². The third-order valence-corrected chi connectivity index (χ3v) is 2.83. The molecule has 2 saturated heterocycles. The molecular formula is C11H19NO4. The van der Waals surface area contributed by atoms with Crippen LogP contribution >= 0.6 is 0 Å². The first-order valence-corrected chi connectivity index (χ1v) is 5.85. The first kappa shape index (κ1) is 11.7. The second-order valence-corrected chi connectivity index (χ2v) is 4.57. The van der Waals surface area contributed by atoms with E-state index in [4.69, 9.17) is 14.2 Å². The Morgan fingerprint density at radius 1 is 1.38 bits per heavy atom. The van der Waals surface area contributed by atoms with Crippen LogP contribution < -0.4 is 0 Å². The molecule has 0 aromatic heterocycles. The zero-order valence-corrected chi connectivity index (χ0v) is 9.90. The number of hydrogen-bond donors (Lipinski definition) is 0. The molecule has 92 valence electrons. The lowest BCUT2D eigenvalue weighted by Crippen LogP contribution is -2.51. The highest BCUT2D eigenvalue weighted by molar-refractivity contribution is 5.68. The molecule has 0 bridgehead atoms. The van der Waals surface area contributed by atoms with Crippen molar-refractivity contribution in [2.24, 2.45) is 0 Å². The monoisotopic (exact) mass is 229 g/mol. The molecule has 0 radical (unpaired) electrons. The minimum absolute atomic E-state index is 0.0872. The third kappa shape index (κ3) is 2.47. The highest BCUT2D eigenvalue weighted by atomic mass is 16.7. The molecule has 0 unspecified atom stereocenters. The second kappa shape index (κ2) is 4.59. The van der Waals surface area contributed by atoms with Gasteiger partial charge in [0.2, 0.25) is 0 Å². The molecule has 0 atom stereocenters. The molecular weight excluding hydrogens is 210 g/mol.